The van der Waals surface area contributed by atoms with Gasteiger partial charge in [-0.25, -0.2) is 0 Å². The molecule has 4 heteroatoms. The second kappa shape index (κ2) is 3.17. The number of hydrogen-bond acceptors (Lipinski definition) is 4. The van der Waals surface area contributed by atoms with Gasteiger partial charge >= 0.3 is 0 Å². The van der Waals surface area contributed by atoms with Crippen LogP contribution in [0.4, 0.5) is 0 Å². The van der Waals surface area contributed by atoms with Crippen LogP contribution in [0.2, 0.25) is 0 Å². The Morgan fingerprint density at radius 3 is 2.71 bits per heavy atom. The van der Waals surface area contributed by atoms with E-state index in [1.807, 2.05) is 13.8 Å². The smallest absolute Gasteiger partial charge is 0.163 e. The van der Waals surface area contributed by atoms with Crippen molar-refractivity contribution in [2.24, 2.45) is 0 Å². The fraction of sp³-hybridized carbons (Fsp3) is 1.00. The Hall–Kier alpha value is -0.160. The Balaban J connectivity index is 2.11. The van der Waals surface area contributed by atoms with E-state index in [2.05, 4.69) is 0 Å². The molecule has 1 aliphatic heterocycles. The second-order valence-electron chi connectivity index (χ2n) is 4.71. The van der Waals surface area contributed by atoms with Crippen LogP contribution in [0.1, 0.15) is 33.1 Å². The van der Waals surface area contributed by atoms with Gasteiger partial charge in [-0.3, -0.25) is 0 Å². The molecule has 0 aromatic rings. The van der Waals surface area contributed by atoms with Gasteiger partial charge < -0.3 is 19.7 Å². The number of hydrogen-bond donors (Lipinski definition) is 2. The van der Waals surface area contributed by atoms with Crippen LogP contribution in [0.3, 0.4) is 0 Å². The normalized spacial score (nSPS) is 45.4. The first-order valence-electron chi connectivity index (χ1n) is 5.16. The maximum Gasteiger partial charge on any atom is 0.163 e. The van der Waals surface area contributed by atoms with E-state index in [1.165, 1.54) is 0 Å². The van der Waals surface area contributed by atoms with Gasteiger partial charge in [0.1, 0.15) is 6.10 Å². The molecule has 1 saturated heterocycles. The average molecular weight is 202 g/mol. The Bertz CT molecular complexity index is 224. The molecular formula is C10H18O4. The monoisotopic (exact) mass is 202 g/mol. The first kappa shape index (κ1) is 10.4. The maximum atomic E-state index is 10.2. The lowest BCUT2D eigenvalue weighted by atomic mass is 9.96. The first-order chi connectivity index (χ1) is 6.47. The van der Waals surface area contributed by atoms with E-state index in [1.54, 1.807) is 0 Å². The van der Waals surface area contributed by atoms with Gasteiger partial charge in [0.05, 0.1) is 11.7 Å². The zero-order chi connectivity index (χ0) is 10.4. The summed E-state index contributed by atoms with van der Waals surface area (Å²) in [5.41, 5.74) is -0.896. The fourth-order valence-electron chi connectivity index (χ4n) is 2.50. The topological polar surface area (TPSA) is 58.9 Å². The predicted octanol–water partition coefficient (Wildman–Crippen LogP) is 0.414. The number of ether oxygens (including phenoxy) is 2. The van der Waals surface area contributed by atoms with E-state index in [-0.39, 0.29) is 18.8 Å². The van der Waals surface area contributed by atoms with E-state index in [0.717, 1.165) is 6.42 Å². The Morgan fingerprint density at radius 2 is 2.07 bits per heavy atom. The highest BCUT2D eigenvalue weighted by Gasteiger charge is 2.56. The number of fused-ring (bicyclic) bond motifs is 1. The summed E-state index contributed by atoms with van der Waals surface area (Å²) in [5.74, 6) is -0.598. The third kappa shape index (κ3) is 1.56. The van der Waals surface area contributed by atoms with Crippen molar-refractivity contribution in [3.8, 4) is 0 Å². The van der Waals surface area contributed by atoms with Gasteiger partial charge in [0.2, 0.25) is 0 Å². The highest BCUT2D eigenvalue weighted by atomic mass is 16.8. The molecular weight excluding hydrogens is 184 g/mol. The summed E-state index contributed by atoms with van der Waals surface area (Å²) < 4.78 is 11.3. The van der Waals surface area contributed by atoms with Gasteiger partial charge in [-0.1, -0.05) is 0 Å². The van der Waals surface area contributed by atoms with Crippen molar-refractivity contribution >= 4 is 0 Å². The lowest BCUT2D eigenvalue weighted by Gasteiger charge is -2.29. The molecule has 14 heavy (non-hydrogen) atoms. The molecule has 82 valence electrons. The van der Waals surface area contributed by atoms with Crippen LogP contribution >= 0.6 is 0 Å². The van der Waals surface area contributed by atoms with Crippen LogP contribution < -0.4 is 0 Å². The number of aliphatic hydroxyl groups excluding tert-OH is 1. The summed E-state index contributed by atoms with van der Waals surface area (Å²) in [6, 6.07) is 0. The van der Waals surface area contributed by atoms with Gasteiger partial charge in [0, 0.05) is 13.0 Å². The van der Waals surface area contributed by atoms with Gasteiger partial charge in [-0.2, -0.15) is 0 Å². The molecule has 0 spiro atoms. The lowest BCUT2D eigenvalue weighted by molar-refractivity contribution is -0.180. The summed E-state index contributed by atoms with van der Waals surface area (Å²) in [6.07, 6.45) is 1.54. The van der Waals surface area contributed by atoms with Crippen LogP contribution in [0.5, 0.6) is 0 Å². The standard InChI is InChI=1S/C10H18O4/c1-9(2)13-7-3-4-10(12,5-6-11)8(7)14-9/h7-8,11-12H,3-6H2,1-2H3/t7-,8+,10-/m0/s1. The third-order valence-electron chi connectivity index (χ3n) is 3.12. The molecule has 2 rings (SSSR count). The van der Waals surface area contributed by atoms with E-state index in [4.69, 9.17) is 14.6 Å². The van der Waals surface area contributed by atoms with E-state index >= 15 is 0 Å². The van der Waals surface area contributed by atoms with Gasteiger partial charge in [0.15, 0.2) is 5.79 Å². The average Bonchev–Trinajstić information content (AvgIpc) is 2.50. The summed E-state index contributed by atoms with van der Waals surface area (Å²) in [4.78, 5) is 0. The molecule has 0 amide bonds. The Morgan fingerprint density at radius 1 is 1.36 bits per heavy atom. The predicted molar refractivity (Wildman–Crippen MR) is 49.7 cm³/mol. The summed E-state index contributed by atoms with van der Waals surface area (Å²) in [6.45, 7) is 3.69. The molecule has 0 radical (unpaired) electrons. The number of rotatable bonds is 2. The molecule has 0 aromatic heterocycles. The summed E-state index contributed by atoms with van der Waals surface area (Å²) >= 11 is 0. The van der Waals surface area contributed by atoms with Crippen LogP contribution in [0, 0.1) is 0 Å². The molecule has 0 unspecified atom stereocenters. The molecule has 0 aromatic carbocycles. The Labute approximate surface area is 83.8 Å². The van der Waals surface area contributed by atoms with Crippen LogP contribution in [-0.4, -0.2) is 40.4 Å². The van der Waals surface area contributed by atoms with Crippen molar-refractivity contribution in [1.82, 2.24) is 0 Å². The quantitative estimate of drug-likeness (QED) is 0.681. The summed E-state index contributed by atoms with van der Waals surface area (Å²) in [7, 11) is 0. The largest absolute Gasteiger partial charge is 0.396 e. The minimum atomic E-state index is -0.896. The van der Waals surface area contributed by atoms with Crippen molar-refractivity contribution in [3.05, 3.63) is 0 Å². The SMILES string of the molecule is CC1(C)O[C@H]2CC[C@](O)(CCO)[C@@H]2O1. The van der Waals surface area contributed by atoms with Crippen molar-refractivity contribution in [2.75, 3.05) is 6.61 Å². The van der Waals surface area contributed by atoms with E-state index in [0.29, 0.717) is 12.8 Å². The molecule has 1 aliphatic carbocycles. The molecule has 1 saturated carbocycles. The van der Waals surface area contributed by atoms with E-state index in [9.17, 15) is 5.11 Å². The fourth-order valence-corrected chi connectivity index (χ4v) is 2.50. The molecule has 2 aliphatic rings. The highest BCUT2D eigenvalue weighted by Crippen LogP contribution is 2.44. The molecule has 1 heterocycles. The second-order valence-corrected chi connectivity index (χ2v) is 4.71. The van der Waals surface area contributed by atoms with Gasteiger partial charge in [0.25, 0.3) is 0 Å². The van der Waals surface area contributed by atoms with E-state index < -0.39 is 11.4 Å². The van der Waals surface area contributed by atoms with Crippen molar-refractivity contribution in [3.63, 3.8) is 0 Å². The number of aliphatic hydroxyl groups is 2. The molecule has 2 fully saturated rings. The molecule has 4 nitrogen and oxygen atoms in total. The van der Waals surface area contributed by atoms with Crippen LogP contribution in [0.15, 0.2) is 0 Å². The van der Waals surface area contributed by atoms with Crippen molar-refractivity contribution in [1.29, 1.82) is 0 Å². The first-order valence-corrected chi connectivity index (χ1v) is 5.16. The van der Waals surface area contributed by atoms with Crippen LogP contribution in [0.25, 0.3) is 0 Å². The van der Waals surface area contributed by atoms with Crippen molar-refractivity contribution in [2.45, 2.75) is 56.7 Å². The zero-order valence-corrected chi connectivity index (χ0v) is 8.69. The molecule has 0 bridgehead atoms. The zero-order valence-electron chi connectivity index (χ0n) is 8.69. The third-order valence-corrected chi connectivity index (χ3v) is 3.12. The Kier molecular flexibility index (Phi) is 2.34. The van der Waals surface area contributed by atoms with Gasteiger partial charge in [-0.05, 0) is 26.7 Å². The van der Waals surface area contributed by atoms with Gasteiger partial charge in [-0.15, -0.1) is 0 Å². The minimum Gasteiger partial charge on any atom is -0.396 e. The minimum absolute atomic E-state index is 0.0104. The van der Waals surface area contributed by atoms with Crippen molar-refractivity contribution < 1.29 is 19.7 Å². The maximum absolute atomic E-state index is 10.2. The summed E-state index contributed by atoms with van der Waals surface area (Å²) in [5, 5.41) is 19.1. The van der Waals surface area contributed by atoms with Crippen LogP contribution in [-0.2, 0) is 9.47 Å². The molecule has 2 N–H and O–H groups in total. The highest BCUT2D eigenvalue weighted by molar-refractivity contribution is 5.03. The lowest BCUT2D eigenvalue weighted by Crippen LogP contribution is -2.42. The molecule has 3 atom stereocenters.